The van der Waals surface area contributed by atoms with Gasteiger partial charge in [0.1, 0.15) is 17.2 Å². The number of ether oxygens (including phenoxy) is 2. The minimum absolute atomic E-state index is 0.170. The van der Waals surface area contributed by atoms with Crippen LogP contribution in [0.1, 0.15) is 23.0 Å². The third-order valence-electron chi connectivity index (χ3n) is 3.84. The summed E-state index contributed by atoms with van der Waals surface area (Å²) in [6, 6.07) is 14.8. The Morgan fingerprint density at radius 2 is 1.93 bits per heavy atom. The van der Waals surface area contributed by atoms with Crippen LogP contribution in [0.5, 0.6) is 11.5 Å². The molecular weight excluding hydrogens is 356 g/mol. The molecule has 3 rings (SSSR count). The number of hydrogen-bond donors (Lipinski definition) is 1. The fourth-order valence-corrected chi connectivity index (χ4v) is 2.49. The number of hydrogen-bond acceptors (Lipinski definition) is 6. The Morgan fingerprint density at radius 3 is 2.68 bits per heavy atom. The normalized spacial score (nSPS) is 10.6. The molecule has 1 amide bonds. The smallest absolute Gasteiger partial charge is 0.291 e. The molecule has 2 aromatic carbocycles. The Labute approximate surface area is 163 Å². The van der Waals surface area contributed by atoms with E-state index in [0.29, 0.717) is 18.1 Å². The Balaban J connectivity index is 1.71. The molecule has 0 aliphatic carbocycles. The fraction of sp³-hybridized carbons (Fsp3) is 0.143. The van der Waals surface area contributed by atoms with Gasteiger partial charge in [0, 0.05) is 11.1 Å². The maximum atomic E-state index is 12.3. The fourth-order valence-electron chi connectivity index (χ4n) is 2.49. The Bertz CT molecular complexity index is 971. The number of para-hydroxylation sites is 1. The van der Waals surface area contributed by atoms with Crippen molar-refractivity contribution in [3.05, 3.63) is 72.2 Å². The van der Waals surface area contributed by atoms with Crippen molar-refractivity contribution < 1.29 is 14.3 Å². The first-order valence-corrected chi connectivity index (χ1v) is 8.73. The third kappa shape index (κ3) is 4.70. The number of hydrazone groups is 1. The van der Waals surface area contributed by atoms with Crippen molar-refractivity contribution in [1.82, 2.24) is 15.4 Å². The number of rotatable bonds is 7. The lowest BCUT2D eigenvalue weighted by Gasteiger charge is -2.06. The minimum atomic E-state index is -0.452. The van der Waals surface area contributed by atoms with Crippen LogP contribution in [0.3, 0.4) is 0 Å². The van der Waals surface area contributed by atoms with Gasteiger partial charge in [0.25, 0.3) is 5.91 Å². The summed E-state index contributed by atoms with van der Waals surface area (Å²) in [6.45, 7) is 2.53. The molecule has 0 spiro atoms. The third-order valence-corrected chi connectivity index (χ3v) is 3.84. The van der Waals surface area contributed by atoms with Gasteiger partial charge in [0.2, 0.25) is 0 Å². The summed E-state index contributed by atoms with van der Waals surface area (Å²) < 4.78 is 10.7. The van der Waals surface area contributed by atoms with E-state index in [1.54, 1.807) is 13.3 Å². The first-order valence-electron chi connectivity index (χ1n) is 8.73. The zero-order valence-corrected chi connectivity index (χ0v) is 15.6. The van der Waals surface area contributed by atoms with Gasteiger partial charge in [-0.15, -0.1) is 0 Å². The molecule has 0 unspecified atom stereocenters. The van der Waals surface area contributed by atoms with E-state index >= 15 is 0 Å². The van der Waals surface area contributed by atoms with Gasteiger partial charge in [-0.1, -0.05) is 12.1 Å². The molecule has 142 valence electrons. The summed E-state index contributed by atoms with van der Waals surface area (Å²) in [5.74, 6) is 0.989. The highest BCUT2D eigenvalue weighted by atomic mass is 16.5. The zero-order chi connectivity index (χ0) is 19.8. The van der Waals surface area contributed by atoms with Gasteiger partial charge in [-0.25, -0.2) is 10.4 Å². The largest absolute Gasteiger partial charge is 0.496 e. The molecule has 7 heteroatoms. The van der Waals surface area contributed by atoms with E-state index in [1.807, 2.05) is 55.5 Å². The number of methoxy groups -OCH3 is 1. The molecule has 0 bridgehead atoms. The van der Waals surface area contributed by atoms with Crippen LogP contribution < -0.4 is 14.9 Å². The Morgan fingerprint density at radius 1 is 1.14 bits per heavy atom. The van der Waals surface area contributed by atoms with E-state index in [0.717, 1.165) is 16.9 Å². The van der Waals surface area contributed by atoms with E-state index in [2.05, 4.69) is 20.5 Å². The monoisotopic (exact) mass is 376 g/mol. The summed E-state index contributed by atoms with van der Waals surface area (Å²) >= 11 is 0. The molecule has 7 nitrogen and oxygen atoms in total. The summed E-state index contributed by atoms with van der Waals surface area (Å²) in [7, 11) is 1.58. The first kappa shape index (κ1) is 19.0. The van der Waals surface area contributed by atoms with Gasteiger partial charge in [0.15, 0.2) is 0 Å². The highest BCUT2D eigenvalue weighted by molar-refractivity contribution is 5.93. The highest BCUT2D eigenvalue weighted by Gasteiger charge is 2.09. The van der Waals surface area contributed by atoms with E-state index in [1.165, 1.54) is 12.4 Å². The predicted octanol–water partition coefficient (Wildman–Crippen LogP) is 3.31. The van der Waals surface area contributed by atoms with Gasteiger partial charge in [-0.2, -0.15) is 5.10 Å². The SMILES string of the molecule is CCOc1ccc(-c2cncc(C(=O)NN=Cc3ccccc3OC)n2)cc1. The average molecular weight is 376 g/mol. The lowest BCUT2D eigenvalue weighted by molar-refractivity contribution is 0.0950. The second kappa shape index (κ2) is 9.27. The summed E-state index contributed by atoms with van der Waals surface area (Å²) in [4.78, 5) is 20.8. The molecule has 0 radical (unpaired) electrons. The number of benzene rings is 2. The summed E-state index contributed by atoms with van der Waals surface area (Å²) in [6.07, 6.45) is 4.51. The van der Waals surface area contributed by atoms with Gasteiger partial charge in [-0.3, -0.25) is 9.78 Å². The molecule has 0 saturated heterocycles. The van der Waals surface area contributed by atoms with Crippen LogP contribution in [0.4, 0.5) is 0 Å². The molecule has 1 aromatic heterocycles. The predicted molar refractivity (Wildman–Crippen MR) is 107 cm³/mol. The van der Waals surface area contributed by atoms with Crippen LogP contribution in [0, 0.1) is 0 Å². The Hall–Kier alpha value is -3.74. The van der Waals surface area contributed by atoms with Crippen molar-refractivity contribution in [2.45, 2.75) is 6.92 Å². The van der Waals surface area contributed by atoms with Gasteiger partial charge in [-0.05, 0) is 43.3 Å². The van der Waals surface area contributed by atoms with Crippen molar-refractivity contribution in [3.63, 3.8) is 0 Å². The Kier molecular flexibility index (Phi) is 6.30. The number of carbonyl (C=O) groups excluding carboxylic acids is 1. The second-order valence-electron chi connectivity index (χ2n) is 5.69. The number of nitrogens with one attached hydrogen (secondary N) is 1. The zero-order valence-electron chi connectivity index (χ0n) is 15.6. The average Bonchev–Trinajstić information content (AvgIpc) is 2.75. The van der Waals surface area contributed by atoms with E-state index in [-0.39, 0.29) is 5.69 Å². The molecule has 0 atom stereocenters. The van der Waals surface area contributed by atoms with Gasteiger partial charge < -0.3 is 9.47 Å². The van der Waals surface area contributed by atoms with Crippen LogP contribution in [-0.2, 0) is 0 Å². The molecule has 3 aromatic rings. The number of nitrogens with zero attached hydrogens (tertiary/aromatic N) is 3. The van der Waals surface area contributed by atoms with E-state index in [4.69, 9.17) is 9.47 Å². The van der Waals surface area contributed by atoms with Gasteiger partial charge >= 0.3 is 0 Å². The van der Waals surface area contributed by atoms with Crippen LogP contribution in [0.25, 0.3) is 11.3 Å². The number of aromatic nitrogens is 2. The summed E-state index contributed by atoms with van der Waals surface area (Å²) in [5, 5.41) is 3.97. The van der Waals surface area contributed by atoms with Crippen molar-refractivity contribution >= 4 is 12.1 Å². The number of amides is 1. The molecule has 0 fully saturated rings. The van der Waals surface area contributed by atoms with Crippen molar-refractivity contribution in [2.24, 2.45) is 5.10 Å². The molecule has 1 N–H and O–H groups in total. The molecule has 0 aliphatic rings. The molecule has 1 heterocycles. The standard InChI is InChI=1S/C21H20N4O3/c1-3-28-17-10-8-15(9-11-17)18-13-22-14-19(24-18)21(26)25-23-12-16-6-4-5-7-20(16)27-2/h4-14H,3H2,1-2H3,(H,25,26). The van der Waals surface area contributed by atoms with Crippen LogP contribution in [0.2, 0.25) is 0 Å². The molecular formula is C21H20N4O3. The molecule has 28 heavy (non-hydrogen) atoms. The number of carbonyl (C=O) groups is 1. The van der Waals surface area contributed by atoms with E-state index < -0.39 is 5.91 Å². The van der Waals surface area contributed by atoms with Crippen LogP contribution >= 0.6 is 0 Å². The highest BCUT2D eigenvalue weighted by Crippen LogP contribution is 2.20. The van der Waals surface area contributed by atoms with Crippen LogP contribution in [-0.4, -0.2) is 35.8 Å². The minimum Gasteiger partial charge on any atom is -0.496 e. The lowest BCUT2D eigenvalue weighted by Crippen LogP contribution is -2.19. The van der Waals surface area contributed by atoms with Crippen molar-refractivity contribution in [1.29, 1.82) is 0 Å². The maximum absolute atomic E-state index is 12.3. The molecule has 0 saturated carbocycles. The quantitative estimate of drug-likeness (QED) is 0.505. The molecule has 0 aliphatic heterocycles. The topological polar surface area (TPSA) is 85.7 Å². The van der Waals surface area contributed by atoms with Crippen molar-refractivity contribution in [3.8, 4) is 22.8 Å². The van der Waals surface area contributed by atoms with E-state index in [9.17, 15) is 4.79 Å². The second-order valence-corrected chi connectivity index (χ2v) is 5.69. The first-order chi connectivity index (χ1) is 13.7. The summed E-state index contributed by atoms with van der Waals surface area (Å²) in [5.41, 5.74) is 4.80. The van der Waals surface area contributed by atoms with Gasteiger partial charge in [0.05, 0.1) is 38.0 Å². The van der Waals surface area contributed by atoms with Crippen molar-refractivity contribution in [2.75, 3.05) is 13.7 Å². The lowest BCUT2D eigenvalue weighted by atomic mass is 10.1. The maximum Gasteiger partial charge on any atom is 0.291 e. The van der Waals surface area contributed by atoms with Crippen LogP contribution in [0.15, 0.2) is 66.0 Å².